The second-order valence-corrected chi connectivity index (χ2v) is 8.08. The van der Waals surface area contributed by atoms with Gasteiger partial charge in [0.2, 0.25) is 11.8 Å². The van der Waals surface area contributed by atoms with E-state index in [4.69, 9.17) is 14.2 Å². The fraction of sp³-hybridized carbons (Fsp3) is 0.600. The number of hydrogen-bond acceptors (Lipinski definition) is 7. The van der Waals surface area contributed by atoms with Crippen LogP contribution < -0.4 is 9.47 Å². The monoisotopic (exact) mass is 423 g/mol. The van der Waals surface area contributed by atoms with Gasteiger partial charge in [-0.25, -0.2) is 0 Å². The van der Waals surface area contributed by atoms with Crippen LogP contribution >= 0.6 is 11.8 Å². The molecular formula is C20H29N3O5S. The van der Waals surface area contributed by atoms with E-state index in [-0.39, 0.29) is 23.8 Å². The summed E-state index contributed by atoms with van der Waals surface area (Å²) in [4.78, 5) is 30.5. The molecule has 2 amide bonds. The normalized spacial score (nSPS) is 20.2. The van der Waals surface area contributed by atoms with Crippen molar-refractivity contribution in [2.24, 2.45) is 0 Å². The van der Waals surface area contributed by atoms with Gasteiger partial charge in [-0.3, -0.25) is 14.5 Å². The summed E-state index contributed by atoms with van der Waals surface area (Å²) >= 11 is 1.61. The average Bonchev–Trinajstić information content (AvgIpc) is 3.12. The minimum Gasteiger partial charge on any atom is -0.497 e. The molecule has 8 nitrogen and oxygen atoms in total. The third kappa shape index (κ3) is 5.15. The molecule has 2 heterocycles. The highest BCUT2D eigenvalue weighted by atomic mass is 32.2. The summed E-state index contributed by atoms with van der Waals surface area (Å²) in [6.45, 7) is 4.54. The third-order valence-electron chi connectivity index (χ3n) is 5.32. The Labute approximate surface area is 176 Å². The van der Waals surface area contributed by atoms with Crippen LogP contribution in [0.4, 0.5) is 0 Å². The molecule has 160 valence electrons. The Hall–Kier alpha value is -1.97. The number of piperazine rings is 1. The Morgan fingerprint density at radius 3 is 2.52 bits per heavy atom. The molecule has 0 spiro atoms. The average molecular weight is 424 g/mol. The fourth-order valence-corrected chi connectivity index (χ4v) is 4.90. The van der Waals surface area contributed by atoms with Crippen LogP contribution in [0.25, 0.3) is 0 Å². The van der Waals surface area contributed by atoms with E-state index >= 15 is 0 Å². The molecular weight excluding hydrogens is 394 g/mol. The van der Waals surface area contributed by atoms with Gasteiger partial charge >= 0.3 is 0 Å². The maximum Gasteiger partial charge on any atom is 0.248 e. The lowest BCUT2D eigenvalue weighted by Crippen LogP contribution is -2.51. The van der Waals surface area contributed by atoms with Crippen LogP contribution in [0.15, 0.2) is 18.2 Å². The number of carbonyl (C=O) groups is 2. The van der Waals surface area contributed by atoms with Crippen LogP contribution in [0.1, 0.15) is 10.9 Å². The van der Waals surface area contributed by atoms with E-state index in [0.717, 1.165) is 36.7 Å². The summed E-state index contributed by atoms with van der Waals surface area (Å²) in [5, 5.41) is -0.0860. The molecule has 1 aromatic carbocycles. The summed E-state index contributed by atoms with van der Waals surface area (Å²) < 4.78 is 15.8. The molecule has 0 bridgehead atoms. The zero-order valence-electron chi connectivity index (χ0n) is 17.3. The van der Waals surface area contributed by atoms with Crippen molar-refractivity contribution in [2.45, 2.75) is 5.37 Å². The molecule has 3 rings (SSSR count). The Morgan fingerprint density at radius 1 is 1.10 bits per heavy atom. The van der Waals surface area contributed by atoms with Gasteiger partial charge in [0.05, 0.1) is 20.0 Å². The molecule has 0 N–H and O–H groups in total. The number of rotatable bonds is 8. The molecule has 1 atom stereocenters. The Bertz CT molecular complexity index is 724. The van der Waals surface area contributed by atoms with Crippen molar-refractivity contribution in [3.8, 4) is 11.5 Å². The van der Waals surface area contributed by atoms with Crippen LogP contribution in [-0.4, -0.2) is 99.5 Å². The van der Waals surface area contributed by atoms with E-state index in [9.17, 15) is 9.59 Å². The molecule has 2 aliphatic rings. The molecule has 9 heteroatoms. The number of amides is 2. The van der Waals surface area contributed by atoms with Crippen molar-refractivity contribution < 1.29 is 23.8 Å². The van der Waals surface area contributed by atoms with E-state index in [2.05, 4.69) is 4.90 Å². The smallest absolute Gasteiger partial charge is 0.248 e. The van der Waals surface area contributed by atoms with Crippen LogP contribution in [-0.2, 0) is 14.3 Å². The molecule has 0 aromatic heterocycles. The minimum atomic E-state index is -0.0860. The quantitative estimate of drug-likeness (QED) is 0.619. The minimum absolute atomic E-state index is 0.0310. The third-order valence-corrected chi connectivity index (χ3v) is 6.56. The Kier molecular flexibility index (Phi) is 7.63. The first-order valence-electron chi connectivity index (χ1n) is 9.69. The summed E-state index contributed by atoms with van der Waals surface area (Å²) in [5.74, 6) is 2.14. The highest BCUT2D eigenvalue weighted by Gasteiger charge is 2.35. The summed E-state index contributed by atoms with van der Waals surface area (Å²) in [6, 6.07) is 5.69. The van der Waals surface area contributed by atoms with Crippen LogP contribution in [0, 0.1) is 0 Å². The Morgan fingerprint density at radius 2 is 1.86 bits per heavy atom. The lowest BCUT2D eigenvalue weighted by atomic mass is 10.1. The van der Waals surface area contributed by atoms with Crippen molar-refractivity contribution in [2.75, 3.05) is 73.0 Å². The van der Waals surface area contributed by atoms with Crippen LogP contribution in [0.3, 0.4) is 0 Å². The number of hydrogen-bond donors (Lipinski definition) is 0. The number of benzene rings is 1. The maximum atomic E-state index is 12.5. The number of carbonyl (C=O) groups excluding carboxylic acids is 2. The second-order valence-electron chi connectivity index (χ2n) is 7.01. The highest BCUT2D eigenvalue weighted by molar-refractivity contribution is 8.00. The number of methoxy groups -OCH3 is 3. The van der Waals surface area contributed by atoms with Crippen molar-refractivity contribution in [3.63, 3.8) is 0 Å². The zero-order chi connectivity index (χ0) is 20.8. The van der Waals surface area contributed by atoms with Gasteiger partial charge in [-0.1, -0.05) is 0 Å². The SMILES string of the molecule is COCC(=O)N1CCN(CCN2C(=O)CS[C@H]2c2cc(OC)ccc2OC)CC1. The second kappa shape index (κ2) is 10.2. The van der Waals surface area contributed by atoms with Gasteiger partial charge in [-0.05, 0) is 18.2 Å². The van der Waals surface area contributed by atoms with Gasteiger partial charge in [0, 0.05) is 51.9 Å². The molecule has 0 unspecified atom stereocenters. The first-order valence-corrected chi connectivity index (χ1v) is 10.7. The number of thioether (sulfide) groups is 1. The van der Waals surface area contributed by atoms with Gasteiger partial charge in [-0.2, -0.15) is 0 Å². The number of nitrogens with zero attached hydrogens (tertiary/aromatic N) is 3. The summed E-state index contributed by atoms with van der Waals surface area (Å²) in [7, 11) is 4.81. The molecule has 2 aliphatic heterocycles. The molecule has 0 saturated carbocycles. The fourth-order valence-electron chi connectivity index (χ4n) is 3.67. The predicted molar refractivity (Wildman–Crippen MR) is 111 cm³/mol. The summed E-state index contributed by atoms with van der Waals surface area (Å²) in [5.41, 5.74) is 0.956. The van der Waals surface area contributed by atoms with Crippen molar-refractivity contribution in [3.05, 3.63) is 23.8 Å². The van der Waals surface area contributed by atoms with Gasteiger partial charge < -0.3 is 24.0 Å². The molecule has 0 aliphatic carbocycles. The van der Waals surface area contributed by atoms with Gasteiger partial charge in [0.15, 0.2) is 0 Å². The van der Waals surface area contributed by atoms with Crippen LogP contribution in [0.5, 0.6) is 11.5 Å². The van der Waals surface area contributed by atoms with Crippen molar-refractivity contribution in [1.82, 2.24) is 14.7 Å². The zero-order valence-corrected chi connectivity index (χ0v) is 18.1. The van der Waals surface area contributed by atoms with Gasteiger partial charge in [0.1, 0.15) is 23.5 Å². The van der Waals surface area contributed by atoms with E-state index < -0.39 is 0 Å². The summed E-state index contributed by atoms with van der Waals surface area (Å²) in [6.07, 6.45) is 0. The first kappa shape index (κ1) is 21.7. The van der Waals surface area contributed by atoms with Crippen molar-refractivity contribution in [1.29, 1.82) is 0 Å². The van der Waals surface area contributed by atoms with Gasteiger partial charge in [-0.15, -0.1) is 11.8 Å². The van der Waals surface area contributed by atoms with Crippen molar-refractivity contribution >= 4 is 23.6 Å². The lowest BCUT2D eigenvalue weighted by molar-refractivity contribution is -0.136. The van der Waals surface area contributed by atoms with E-state index in [1.807, 2.05) is 28.0 Å². The molecule has 2 fully saturated rings. The van der Waals surface area contributed by atoms with E-state index in [0.29, 0.717) is 25.4 Å². The first-order chi connectivity index (χ1) is 14.1. The van der Waals surface area contributed by atoms with E-state index in [1.54, 1.807) is 26.0 Å². The molecule has 1 aromatic rings. The highest BCUT2D eigenvalue weighted by Crippen LogP contribution is 2.43. The lowest BCUT2D eigenvalue weighted by Gasteiger charge is -2.36. The van der Waals surface area contributed by atoms with Gasteiger partial charge in [0.25, 0.3) is 0 Å². The standard InChI is InChI=1S/C20H29N3O5S/c1-26-13-18(24)22-9-6-21(7-10-22)8-11-23-19(25)14-29-20(23)16-12-15(27-2)4-5-17(16)28-3/h4-5,12,20H,6-11,13-14H2,1-3H3/t20-/m0/s1. The maximum absolute atomic E-state index is 12.5. The predicted octanol–water partition coefficient (Wildman–Crippen LogP) is 1.07. The van der Waals surface area contributed by atoms with Crippen LogP contribution in [0.2, 0.25) is 0 Å². The Balaban J connectivity index is 1.60. The number of ether oxygens (including phenoxy) is 3. The molecule has 29 heavy (non-hydrogen) atoms. The molecule has 0 radical (unpaired) electrons. The van der Waals surface area contributed by atoms with E-state index in [1.165, 1.54) is 7.11 Å². The largest absolute Gasteiger partial charge is 0.497 e. The topological polar surface area (TPSA) is 71.6 Å². The molecule has 2 saturated heterocycles.